The van der Waals surface area contributed by atoms with Crippen molar-refractivity contribution in [2.75, 3.05) is 5.32 Å². The molecule has 1 aromatic carbocycles. The number of rotatable bonds is 4. The van der Waals surface area contributed by atoms with E-state index in [2.05, 4.69) is 10.3 Å². The maximum absolute atomic E-state index is 13.1. The fourth-order valence-corrected chi connectivity index (χ4v) is 3.12. The SMILES string of the molecule is O=C(Nc1ncc(Cc2cccc(F)c2)s1)C1(C(F)(F)F)CC1. The van der Waals surface area contributed by atoms with Crippen LogP contribution in [0.5, 0.6) is 0 Å². The fourth-order valence-electron chi connectivity index (χ4n) is 2.28. The summed E-state index contributed by atoms with van der Waals surface area (Å²) >= 11 is 1.08. The Morgan fingerprint density at radius 1 is 1.35 bits per heavy atom. The van der Waals surface area contributed by atoms with E-state index in [1.54, 1.807) is 12.1 Å². The van der Waals surface area contributed by atoms with Gasteiger partial charge in [-0.2, -0.15) is 13.2 Å². The van der Waals surface area contributed by atoms with Crippen LogP contribution in [0.3, 0.4) is 0 Å². The number of thiazole rings is 1. The summed E-state index contributed by atoms with van der Waals surface area (Å²) in [7, 11) is 0. The Morgan fingerprint density at radius 2 is 2.09 bits per heavy atom. The van der Waals surface area contributed by atoms with Crippen LogP contribution in [0.2, 0.25) is 0 Å². The van der Waals surface area contributed by atoms with Crippen LogP contribution in [0.25, 0.3) is 0 Å². The molecule has 8 heteroatoms. The second-order valence-corrected chi connectivity index (χ2v) is 6.59. The molecule has 3 rings (SSSR count). The van der Waals surface area contributed by atoms with Crippen LogP contribution in [-0.4, -0.2) is 17.1 Å². The van der Waals surface area contributed by atoms with Crippen LogP contribution in [0.1, 0.15) is 23.3 Å². The van der Waals surface area contributed by atoms with Gasteiger partial charge in [0, 0.05) is 17.5 Å². The van der Waals surface area contributed by atoms with Gasteiger partial charge in [-0.25, -0.2) is 9.37 Å². The first-order valence-electron chi connectivity index (χ1n) is 6.87. The number of nitrogens with zero attached hydrogens (tertiary/aromatic N) is 1. The lowest BCUT2D eigenvalue weighted by Crippen LogP contribution is -2.36. The van der Waals surface area contributed by atoms with Gasteiger partial charge in [-0.1, -0.05) is 12.1 Å². The Kier molecular flexibility index (Phi) is 3.87. The molecule has 0 radical (unpaired) electrons. The number of hydrogen-bond acceptors (Lipinski definition) is 3. The number of anilines is 1. The number of carbonyl (C=O) groups is 1. The van der Waals surface area contributed by atoms with E-state index in [1.807, 2.05) is 0 Å². The van der Waals surface area contributed by atoms with E-state index >= 15 is 0 Å². The quantitative estimate of drug-likeness (QED) is 0.847. The minimum atomic E-state index is -4.54. The molecule has 1 aliphatic rings. The molecule has 3 nitrogen and oxygen atoms in total. The number of benzene rings is 1. The summed E-state index contributed by atoms with van der Waals surface area (Å²) in [5.41, 5.74) is -1.54. The third-order valence-electron chi connectivity index (χ3n) is 3.77. The van der Waals surface area contributed by atoms with E-state index in [-0.39, 0.29) is 23.8 Å². The molecular weight excluding hydrogens is 332 g/mol. The second-order valence-electron chi connectivity index (χ2n) is 5.47. The van der Waals surface area contributed by atoms with Crippen LogP contribution < -0.4 is 5.32 Å². The van der Waals surface area contributed by atoms with E-state index in [4.69, 9.17) is 0 Å². The maximum atomic E-state index is 13.1. The molecule has 0 saturated heterocycles. The van der Waals surface area contributed by atoms with Crippen molar-refractivity contribution in [3.8, 4) is 0 Å². The Hall–Kier alpha value is -1.96. The lowest BCUT2D eigenvalue weighted by atomic mass is 10.1. The normalized spacial score (nSPS) is 16.2. The first-order chi connectivity index (χ1) is 10.8. The van der Waals surface area contributed by atoms with E-state index in [0.29, 0.717) is 6.42 Å². The number of hydrogen-bond donors (Lipinski definition) is 1. The third-order valence-corrected chi connectivity index (χ3v) is 4.68. The molecule has 0 unspecified atom stereocenters. The van der Waals surface area contributed by atoms with Gasteiger partial charge < -0.3 is 5.32 Å². The lowest BCUT2D eigenvalue weighted by molar-refractivity contribution is -0.189. The zero-order valence-electron chi connectivity index (χ0n) is 11.8. The molecule has 1 aromatic heterocycles. The van der Waals surface area contributed by atoms with Gasteiger partial charge in [0.2, 0.25) is 5.91 Å². The topological polar surface area (TPSA) is 42.0 Å². The standard InChI is InChI=1S/C15H12F4N2OS/c16-10-3-1-2-9(6-10)7-11-8-20-13(23-11)21-12(22)14(4-5-14)15(17,18)19/h1-3,6,8H,4-5,7H2,(H,20,21,22). The van der Waals surface area contributed by atoms with E-state index < -0.39 is 17.5 Å². The Balaban J connectivity index is 1.67. The molecule has 0 aliphatic heterocycles. The largest absolute Gasteiger partial charge is 0.403 e. The van der Waals surface area contributed by atoms with Crippen LogP contribution >= 0.6 is 11.3 Å². The molecule has 1 saturated carbocycles. The monoisotopic (exact) mass is 344 g/mol. The Labute approximate surface area is 133 Å². The Bertz CT molecular complexity index is 737. The van der Waals surface area contributed by atoms with Gasteiger partial charge in [-0.05, 0) is 30.5 Å². The van der Waals surface area contributed by atoms with Crippen LogP contribution in [-0.2, 0) is 11.2 Å². The molecule has 1 N–H and O–H groups in total. The average molecular weight is 344 g/mol. The predicted molar refractivity (Wildman–Crippen MR) is 77.7 cm³/mol. The highest BCUT2D eigenvalue weighted by Gasteiger charge is 2.68. The fraction of sp³-hybridized carbons (Fsp3) is 0.333. The van der Waals surface area contributed by atoms with Crippen molar-refractivity contribution in [1.82, 2.24) is 4.98 Å². The van der Waals surface area contributed by atoms with Crippen molar-refractivity contribution in [2.45, 2.75) is 25.4 Å². The van der Waals surface area contributed by atoms with Crippen LogP contribution in [0.15, 0.2) is 30.5 Å². The third kappa shape index (κ3) is 3.21. The molecule has 0 spiro atoms. The molecule has 1 amide bonds. The average Bonchev–Trinajstić information content (AvgIpc) is 3.17. The zero-order valence-corrected chi connectivity index (χ0v) is 12.6. The summed E-state index contributed by atoms with van der Waals surface area (Å²) in [6.45, 7) is 0. The Morgan fingerprint density at radius 3 is 2.70 bits per heavy atom. The molecule has 0 bridgehead atoms. The maximum Gasteiger partial charge on any atom is 0.403 e. The smallest absolute Gasteiger partial charge is 0.301 e. The highest BCUT2D eigenvalue weighted by Crippen LogP contribution is 2.58. The van der Waals surface area contributed by atoms with Gasteiger partial charge >= 0.3 is 6.18 Å². The molecule has 23 heavy (non-hydrogen) atoms. The molecule has 2 aromatic rings. The summed E-state index contributed by atoms with van der Waals surface area (Å²) in [6, 6.07) is 6.02. The molecule has 1 heterocycles. The van der Waals surface area contributed by atoms with Crippen LogP contribution in [0, 0.1) is 11.2 Å². The number of amides is 1. The van der Waals surface area contributed by atoms with Gasteiger partial charge in [0.25, 0.3) is 0 Å². The molecule has 1 fully saturated rings. The minimum absolute atomic E-state index is 0.122. The molecule has 122 valence electrons. The van der Waals surface area contributed by atoms with E-state index in [1.165, 1.54) is 18.3 Å². The molecule has 1 aliphatic carbocycles. The summed E-state index contributed by atoms with van der Waals surface area (Å²) in [6.07, 6.45) is -3.06. The summed E-state index contributed by atoms with van der Waals surface area (Å²) in [5.74, 6) is -1.42. The van der Waals surface area contributed by atoms with Gasteiger partial charge in [-0.3, -0.25) is 4.79 Å². The number of nitrogens with one attached hydrogen (secondary N) is 1. The van der Waals surface area contributed by atoms with Crippen molar-refractivity contribution in [3.63, 3.8) is 0 Å². The number of alkyl halides is 3. The number of carbonyl (C=O) groups excluding carboxylic acids is 1. The molecule has 0 atom stereocenters. The predicted octanol–water partition coefficient (Wildman–Crippen LogP) is 4.15. The van der Waals surface area contributed by atoms with Crippen molar-refractivity contribution >= 4 is 22.4 Å². The zero-order chi connectivity index (χ0) is 16.7. The summed E-state index contributed by atoms with van der Waals surface area (Å²) in [5, 5.41) is 2.37. The van der Waals surface area contributed by atoms with Crippen LogP contribution in [0.4, 0.5) is 22.7 Å². The first kappa shape index (κ1) is 15.9. The number of aromatic nitrogens is 1. The first-order valence-corrected chi connectivity index (χ1v) is 7.69. The second kappa shape index (κ2) is 5.59. The molecular formula is C15H12F4N2OS. The summed E-state index contributed by atoms with van der Waals surface area (Å²) in [4.78, 5) is 16.5. The van der Waals surface area contributed by atoms with E-state index in [9.17, 15) is 22.4 Å². The summed E-state index contributed by atoms with van der Waals surface area (Å²) < 4.78 is 51.7. The minimum Gasteiger partial charge on any atom is -0.301 e. The van der Waals surface area contributed by atoms with Crippen molar-refractivity contribution in [1.29, 1.82) is 0 Å². The van der Waals surface area contributed by atoms with E-state index in [0.717, 1.165) is 21.8 Å². The lowest BCUT2D eigenvalue weighted by Gasteiger charge is -2.17. The van der Waals surface area contributed by atoms with Crippen molar-refractivity contribution < 1.29 is 22.4 Å². The van der Waals surface area contributed by atoms with Gasteiger partial charge in [0.1, 0.15) is 11.2 Å². The number of halogens is 4. The van der Waals surface area contributed by atoms with Gasteiger partial charge in [0.05, 0.1) is 0 Å². The highest BCUT2D eigenvalue weighted by molar-refractivity contribution is 7.15. The highest BCUT2D eigenvalue weighted by atomic mass is 32.1. The van der Waals surface area contributed by atoms with Crippen molar-refractivity contribution in [3.05, 3.63) is 46.7 Å². The van der Waals surface area contributed by atoms with Gasteiger partial charge in [0.15, 0.2) is 5.13 Å². The van der Waals surface area contributed by atoms with Gasteiger partial charge in [-0.15, -0.1) is 11.3 Å². The van der Waals surface area contributed by atoms with Crippen molar-refractivity contribution in [2.24, 2.45) is 5.41 Å².